The third-order valence-corrected chi connectivity index (χ3v) is 5.22. The lowest BCUT2D eigenvalue weighted by molar-refractivity contribution is 0.682. The molecular formula is C18H12BNOS. The average Bonchev–Trinajstić information content (AvgIpc) is 2.57. The summed E-state index contributed by atoms with van der Waals surface area (Å²) in [4.78, 5) is 3.69. The predicted molar refractivity (Wildman–Crippen MR) is 91.2 cm³/mol. The summed E-state index contributed by atoms with van der Waals surface area (Å²) < 4.78 is 12.9. The minimum atomic E-state index is -1.22. The molecule has 3 aromatic carbocycles. The SMILES string of the molecule is [B]c1ccc2c(c1)S(=O)c1ccccc1N2c1ccccc1. The maximum atomic E-state index is 12.9. The van der Waals surface area contributed by atoms with Crippen LogP contribution in [0.5, 0.6) is 0 Å². The Morgan fingerprint density at radius 2 is 1.45 bits per heavy atom. The summed E-state index contributed by atoms with van der Waals surface area (Å²) in [6, 6.07) is 23.5. The van der Waals surface area contributed by atoms with Gasteiger partial charge in [0.25, 0.3) is 0 Å². The van der Waals surface area contributed by atoms with Crippen LogP contribution in [0.4, 0.5) is 17.1 Å². The zero-order valence-corrected chi connectivity index (χ0v) is 12.6. The van der Waals surface area contributed by atoms with Crippen LogP contribution in [0.1, 0.15) is 0 Å². The fraction of sp³-hybridized carbons (Fsp3) is 0. The Bertz CT molecular complexity index is 879. The van der Waals surface area contributed by atoms with Crippen molar-refractivity contribution in [3.8, 4) is 0 Å². The largest absolute Gasteiger partial charge is 0.308 e. The number of hydrogen-bond donors (Lipinski definition) is 0. The van der Waals surface area contributed by atoms with Crippen LogP contribution in [-0.4, -0.2) is 12.1 Å². The molecule has 2 nitrogen and oxygen atoms in total. The number of para-hydroxylation sites is 2. The van der Waals surface area contributed by atoms with Gasteiger partial charge in [-0.15, -0.1) is 0 Å². The third kappa shape index (κ3) is 1.99. The smallest absolute Gasteiger partial charge is 0.113 e. The van der Waals surface area contributed by atoms with Gasteiger partial charge in [-0.1, -0.05) is 47.9 Å². The van der Waals surface area contributed by atoms with Gasteiger partial charge in [-0.2, -0.15) is 0 Å². The van der Waals surface area contributed by atoms with E-state index in [9.17, 15) is 4.21 Å². The van der Waals surface area contributed by atoms with Crippen LogP contribution in [0.25, 0.3) is 0 Å². The van der Waals surface area contributed by atoms with Crippen molar-refractivity contribution in [1.82, 2.24) is 0 Å². The van der Waals surface area contributed by atoms with Crippen molar-refractivity contribution in [2.75, 3.05) is 4.90 Å². The molecule has 0 bridgehead atoms. The van der Waals surface area contributed by atoms with Gasteiger partial charge in [-0.3, -0.25) is 0 Å². The van der Waals surface area contributed by atoms with Crippen molar-refractivity contribution in [2.24, 2.45) is 0 Å². The quantitative estimate of drug-likeness (QED) is 0.502. The first kappa shape index (κ1) is 13.3. The number of fused-ring (bicyclic) bond motifs is 2. The average molecular weight is 301 g/mol. The molecule has 0 saturated heterocycles. The summed E-state index contributed by atoms with van der Waals surface area (Å²) in [5, 5.41) is 0. The van der Waals surface area contributed by atoms with E-state index in [-0.39, 0.29) is 0 Å². The van der Waals surface area contributed by atoms with Crippen molar-refractivity contribution in [3.63, 3.8) is 0 Å². The predicted octanol–water partition coefficient (Wildman–Crippen LogP) is 3.43. The Morgan fingerprint density at radius 3 is 2.27 bits per heavy atom. The first-order valence-corrected chi connectivity index (χ1v) is 8.16. The molecule has 1 aliphatic heterocycles. The first-order valence-electron chi connectivity index (χ1n) is 7.01. The van der Waals surface area contributed by atoms with Crippen LogP contribution in [-0.2, 0) is 10.8 Å². The Labute approximate surface area is 133 Å². The van der Waals surface area contributed by atoms with Crippen molar-refractivity contribution < 1.29 is 4.21 Å². The normalized spacial score (nSPS) is 16.0. The lowest BCUT2D eigenvalue weighted by atomic mass is 9.96. The summed E-state index contributed by atoms with van der Waals surface area (Å²) >= 11 is 0. The van der Waals surface area contributed by atoms with Crippen molar-refractivity contribution >= 4 is 41.2 Å². The molecule has 1 aliphatic rings. The Hall–Kier alpha value is -2.33. The lowest BCUT2D eigenvalue weighted by Gasteiger charge is -2.32. The molecular weight excluding hydrogens is 289 g/mol. The summed E-state index contributed by atoms with van der Waals surface area (Å²) in [6.07, 6.45) is 0. The molecule has 1 unspecified atom stereocenters. The highest BCUT2D eigenvalue weighted by Gasteiger charge is 2.28. The highest BCUT2D eigenvalue weighted by Crippen LogP contribution is 2.45. The summed E-state index contributed by atoms with van der Waals surface area (Å²) in [5.74, 6) is 0. The monoisotopic (exact) mass is 301 g/mol. The molecule has 0 saturated carbocycles. The summed E-state index contributed by atoms with van der Waals surface area (Å²) in [6.45, 7) is 0. The molecule has 0 amide bonds. The van der Waals surface area contributed by atoms with Crippen LogP contribution in [0.2, 0.25) is 0 Å². The number of anilines is 3. The second-order valence-corrected chi connectivity index (χ2v) is 6.55. The molecule has 3 aromatic rings. The highest BCUT2D eigenvalue weighted by atomic mass is 32.2. The minimum absolute atomic E-state index is 0.625. The van der Waals surface area contributed by atoms with E-state index in [1.165, 1.54) is 0 Å². The van der Waals surface area contributed by atoms with Crippen LogP contribution in [0.15, 0.2) is 82.6 Å². The molecule has 4 rings (SSSR count). The fourth-order valence-electron chi connectivity index (χ4n) is 2.77. The van der Waals surface area contributed by atoms with E-state index in [1.807, 2.05) is 66.7 Å². The van der Waals surface area contributed by atoms with E-state index >= 15 is 0 Å². The molecule has 4 heteroatoms. The van der Waals surface area contributed by atoms with Crippen LogP contribution in [0, 0.1) is 0 Å². The van der Waals surface area contributed by atoms with E-state index in [0.717, 1.165) is 26.9 Å². The number of hydrogen-bond acceptors (Lipinski definition) is 2. The zero-order valence-electron chi connectivity index (χ0n) is 11.8. The second-order valence-electron chi connectivity index (χ2n) is 5.13. The number of rotatable bonds is 1. The molecule has 1 heterocycles. The maximum absolute atomic E-state index is 12.9. The third-order valence-electron chi connectivity index (χ3n) is 3.74. The molecule has 2 radical (unpaired) electrons. The number of benzene rings is 3. The van der Waals surface area contributed by atoms with E-state index in [0.29, 0.717) is 5.46 Å². The van der Waals surface area contributed by atoms with Gasteiger partial charge in [0.05, 0.1) is 32.0 Å². The molecule has 0 spiro atoms. The van der Waals surface area contributed by atoms with E-state index in [2.05, 4.69) is 4.90 Å². The molecule has 0 N–H and O–H groups in total. The topological polar surface area (TPSA) is 20.3 Å². The Balaban J connectivity index is 2.03. The molecule has 22 heavy (non-hydrogen) atoms. The Kier molecular flexibility index (Phi) is 3.12. The van der Waals surface area contributed by atoms with Gasteiger partial charge in [0.2, 0.25) is 0 Å². The minimum Gasteiger partial charge on any atom is -0.308 e. The van der Waals surface area contributed by atoms with E-state index in [4.69, 9.17) is 7.85 Å². The second kappa shape index (κ2) is 5.14. The van der Waals surface area contributed by atoms with Crippen LogP contribution < -0.4 is 10.4 Å². The van der Waals surface area contributed by atoms with Crippen LogP contribution >= 0.6 is 0 Å². The van der Waals surface area contributed by atoms with E-state index in [1.54, 1.807) is 6.07 Å². The van der Waals surface area contributed by atoms with Crippen molar-refractivity contribution in [2.45, 2.75) is 9.79 Å². The van der Waals surface area contributed by atoms with Gasteiger partial charge in [0.1, 0.15) is 7.85 Å². The van der Waals surface area contributed by atoms with Gasteiger partial charge in [-0.25, -0.2) is 4.21 Å². The van der Waals surface area contributed by atoms with Gasteiger partial charge in [-0.05, 0) is 30.3 Å². The maximum Gasteiger partial charge on any atom is 0.113 e. The molecule has 0 aromatic heterocycles. The van der Waals surface area contributed by atoms with Gasteiger partial charge >= 0.3 is 0 Å². The standard InChI is InChI=1S/C18H12BNOS/c19-13-10-11-16-18(12-13)22(21)17-9-5-4-8-15(17)20(16)14-6-2-1-3-7-14/h1-12H. The molecule has 1 atom stereocenters. The summed E-state index contributed by atoms with van der Waals surface area (Å²) in [5.41, 5.74) is 3.53. The Morgan fingerprint density at radius 1 is 0.773 bits per heavy atom. The van der Waals surface area contributed by atoms with Gasteiger partial charge in [0.15, 0.2) is 0 Å². The zero-order chi connectivity index (χ0) is 15.1. The number of nitrogens with zero attached hydrogens (tertiary/aromatic N) is 1. The van der Waals surface area contributed by atoms with Gasteiger partial charge in [0, 0.05) is 5.69 Å². The van der Waals surface area contributed by atoms with E-state index < -0.39 is 10.8 Å². The lowest BCUT2D eigenvalue weighted by Crippen LogP contribution is -2.21. The van der Waals surface area contributed by atoms with Crippen molar-refractivity contribution in [1.29, 1.82) is 0 Å². The van der Waals surface area contributed by atoms with Gasteiger partial charge < -0.3 is 4.90 Å². The van der Waals surface area contributed by atoms with Crippen LogP contribution in [0.3, 0.4) is 0 Å². The molecule has 104 valence electrons. The molecule has 0 fully saturated rings. The highest BCUT2D eigenvalue weighted by molar-refractivity contribution is 7.85. The molecule has 0 aliphatic carbocycles. The van der Waals surface area contributed by atoms with Crippen molar-refractivity contribution in [3.05, 3.63) is 72.8 Å². The fourth-order valence-corrected chi connectivity index (χ4v) is 4.15. The summed E-state index contributed by atoms with van der Waals surface area (Å²) in [7, 11) is 4.68. The first-order chi connectivity index (χ1) is 10.8.